The summed E-state index contributed by atoms with van der Waals surface area (Å²) in [6.45, 7) is 4.85. The number of benzene rings is 1. The maximum Gasteiger partial charge on any atom is 0.271 e. The van der Waals surface area contributed by atoms with Crippen LogP contribution in [0.15, 0.2) is 29.6 Å². The summed E-state index contributed by atoms with van der Waals surface area (Å²) >= 11 is 12.1. The molecule has 2 aromatic rings. The van der Waals surface area contributed by atoms with Gasteiger partial charge in [0.05, 0.1) is 22.7 Å². The Balaban J connectivity index is 2.78. The van der Waals surface area contributed by atoms with Crippen molar-refractivity contribution in [1.82, 2.24) is 4.57 Å². The van der Waals surface area contributed by atoms with Crippen LogP contribution in [0, 0.1) is 18.3 Å². The average molecular weight is 393 g/mol. The van der Waals surface area contributed by atoms with Crippen LogP contribution in [0.1, 0.15) is 27.0 Å². The molecule has 6 nitrogen and oxygen atoms in total. The van der Waals surface area contributed by atoms with E-state index < -0.39 is 17.2 Å². The van der Waals surface area contributed by atoms with E-state index in [0.29, 0.717) is 0 Å². The van der Waals surface area contributed by atoms with Crippen LogP contribution in [0.4, 0.5) is 0 Å². The van der Waals surface area contributed by atoms with Gasteiger partial charge in [0.1, 0.15) is 11.6 Å². The number of allylic oxidation sites excluding steroid dienone is 1. The van der Waals surface area contributed by atoms with E-state index in [0.717, 1.165) is 4.57 Å². The van der Waals surface area contributed by atoms with Gasteiger partial charge in [-0.05, 0) is 24.6 Å². The molecule has 0 aliphatic heterocycles. The minimum Gasteiger partial charge on any atom is -0.494 e. The van der Waals surface area contributed by atoms with Crippen molar-refractivity contribution in [2.75, 3.05) is 7.11 Å². The lowest BCUT2D eigenvalue weighted by atomic mass is 9.97. The number of pyridine rings is 1. The van der Waals surface area contributed by atoms with Gasteiger partial charge in [0.2, 0.25) is 5.88 Å². The van der Waals surface area contributed by atoms with Gasteiger partial charge in [-0.2, -0.15) is 5.26 Å². The Morgan fingerprint density at radius 1 is 1.42 bits per heavy atom. The van der Waals surface area contributed by atoms with Crippen molar-refractivity contribution in [2.45, 2.75) is 13.5 Å². The molecule has 0 atom stereocenters. The number of nitriles is 1. The molecule has 0 unspecified atom stereocenters. The zero-order valence-corrected chi connectivity index (χ0v) is 15.5. The van der Waals surface area contributed by atoms with Crippen molar-refractivity contribution < 1.29 is 14.6 Å². The van der Waals surface area contributed by atoms with Gasteiger partial charge in [0.15, 0.2) is 11.5 Å². The summed E-state index contributed by atoms with van der Waals surface area (Å²) < 4.78 is 5.94. The lowest BCUT2D eigenvalue weighted by Crippen LogP contribution is -2.26. The molecule has 0 spiro atoms. The van der Waals surface area contributed by atoms with Crippen molar-refractivity contribution in [3.63, 3.8) is 0 Å². The van der Waals surface area contributed by atoms with Crippen LogP contribution in [-0.2, 0) is 6.54 Å². The molecule has 1 aromatic heterocycles. The van der Waals surface area contributed by atoms with Gasteiger partial charge in [-0.15, -0.1) is 6.58 Å². The second-order valence-electron chi connectivity index (χ2n) is 5.32. The van der Waals surface area contributed by atoms with Gasteiger partial charge in [-0.3, -0.25) is 14.2 Å². The molecular formula is C18H14Cl2N2O4. The highest BCUT2D eigenvalue weighted by Gasteiger charge is 2.25. The quantitative estimate of drug-likeness (QED) is 0.620. The number of aromatic nitrogens is 1. The fraction of sp³-hybridized carbons (Fsp3) is 0.167. The van der Waals surface area contributed by atoms with Gasteiger partial charge < -0.3 is 9.84 Å². The summed E-state index contributed by atoms with van der Waals surface area (Å²) in [5.74, 6) is -0.986. The van der Waals surface area contributed by atoms with E-state index in [2.05, 4.69) is 6.58 Å². The van der Waals surface area contributed by atoms with Crippen LogP contribution in [-0.4, -0.2) is 22.6 Å². The molecule has 26 heavy (non-hydrogen) atoms. The van der Waals surface area contributed by atoms with Gasteiger partial charge in [0.25, 0.3) is 5.56 Å². The van der Waals surface area contributed by atoms with Crippen molar-refractivity contribution in [3.8, 4) is 17.7 Å². The molecule has 2 rings (SSSR count). The Hall–Kier alpha value is -2.75. The Kier molecular flexibility index (Phi) is 5.76. The van der Waals surface area contributed by atoms with Gasteiger partial charge >= 0.3 is 0 Å². The van der Waals surface area contributed by atoms with Gasteiger partial charge in [-0.1, -0.05) is 29.3 Å². The first-order valence-electron chi connectivity index (χ1n) is 7.33. The van der Waals surface area contributed by atoms with E-state index in [9.17, 15) is 20.0 Å². The molecule has 1 heterocycles. The molecule has 0 radical (unpaired) electrons. The smallest absolute Gasteiger partial charge is 0.271 e. The first kappa shape index (κ1) is 19.6. The molecule has 1 N–H and O–H groups in total. The van der Waals surface area contributed by atoms with Crippen LogP contribution in [0.5, 0.6) is 11.6 Å². The Bertz CT molecular complexity index is 996. The van der Waals surface area contributed by atoms with Crippen LogP contribution in [0.25, 0.3) is 0 Å². The lowest BCUT2D eigenvalue weighted by molar-refractivity contribution is 0.103. The van der Waals surface area contributed by atoms with Crippen LogP contribution >= 0.6 is 23.2 Å². The third-order valence-electron chi connectivity index (χ3n) is 3.80. The zero-order chi connectivity index (χ0) is 19.6. The van der Waals surface area contributed by atoms with Gasteiger partial charge in [0, 0.05) is 12.1 Å². The number of aromatic hydroxyl groups is 1. The molecule has 8 heteroatoms. The molecule has 0 amide bonds. The number of carbonyl (C=O) groups is 1. The maximum absolute atomic E-state index is 13.0. The van der Waals surface area contributed by atoms with Gasteiger partial charge in [-0.25, -0.2) is 0 Å². The Morgan fingerprint density at radius 2 is 2.00 bits per heavy atom. The van der Waals surface area contributed by atoms with Crippen LogP contribution < -0.4 is 10.3 Å². The molecule has 1 aromatic carbocycles. The summed E-state index contributed by atoms with van der Waals surface area (Å²) in [6, 6.07) is 4.45. The van der Waals surface area contributed by atoms with E-state index in [1.54, 1.807) is 6.07 Å². The summed E-state index contributed by atoms with van der Waals surface area (Å²) in [6.07, 6.45) is 1.37. The monoisotopic (exact) mass is 392 g/mol. The third kappa shape index (κ3) is 3.19. The molecule has 0 saturated carbocycles. The van der Waals surface area contributed by atoms with E-state index in [4.69, 9.17) is 27.9 Å². The third-order valence-corrected chi connectivity index (χ3v) is 4.36. The minimum atomic E-state index is -0.704. The minimum absolute atomic E-state index is 0.0654. The van der Waals surface area contributed by atoms with Crippen LogP contribution in [0.3, 0.4) is 0 Å². The normalized spacial score (nSPS) is 10.3. The summed E-state index contributed by atoms with van der Waals surface area (Å²) in [5, 5.41) is 20.0. The highest BCUT2D eigenvalue weighted by Crippen LogP contribution is 2.35. The highest BCUT2D eigenvalue weighted by molar-refractivity contribution is 6.38. The number of ketones is 1. The zero-order valence-electron chi connectivity index (χ0n) is 14.0. The fourth-order valence-electron chi connectivity index (χ4n) is 2.55. The summed E-state index contributed by atoms with van der Waals surface area (Å²) in [5.41, 5.74) is -0.973. The SMILES string of the molecule is C=CCn1c(O)c(C(=O)c2cc(Cl)c(OC)c(Cl)c2)c(C)c(C#N)c1=O. The van der Waals surface area contributed by atoms with E-state index >= 15 is 0 Å². The topological polar surface area (TPSA) is 92.3 Å². The highest BCUT2D eigenvalue weighted by atomic mass is 35.5. The summed E-state index contributed by atoms with van der Waals surface area (Å²) in [7, 11) is 1.38. The van der Waals surface area contributed by atoms with E-state index in [1.165, 1.54) is 32.2 Å². The first-order chi connectivity index (χ1) is 12.3. The van der Waals surface area contributed by atoms with Crippen molar-refractivity contribution in [3.05, 3.63) is 67.4 Å². The maximum atomic E-state index is 13.0. The number of rotatable bonds is 5. The Morgan fingerprint density at radius 3 is 2.46 bits per heavy atom. The number of carbonyl (C=O) groups excluding carboxylic acids is 1. The summed E-state index contributed by atoms with van der Waals surface area (Å²) in [4.78, 5) is 25.3. The largest absolute Gasteiger partial charge is 0.494 e. The number of ether oxygens (including phenoxy) is 1. The van der Waals surface area contributed by atoms with Crippen LogP contribution in [0.2, 0.25) is 10.0 Å². The average Bonchev–Trinajstić information content (AvgIpc) is 2.58. The number of hydrogen-bond donors (Lipinski definition) is 1. The number of nitrogens with zero attached hydrogens (tertiary/aromatic N) is 2. The second kappa shape index (κ2) is 7.65. The number of hydrogen-bond acceptors (Lipinski definition) is 5. The molecule has 0 fully saturated rings. The molecular weight excluding hydrogens is 379 g/mol. The fourth-order valence-corrected chi connectivity index (χ4v) is 3.19. The predicted molar refractivity (Wildman–Crippen MR) is 98.5 cm³/mol. The first-order valence-corrected chi connectivity index (χ1v) is 8.09. The predicted octanol–water partition coefficient (Wildman–Crippen LogP) is 3.47. The van der Waals surface area contributed by atoms with Crippen molar-refractivity contribution in [1.29, 1.82) is 5.26 Å². The van der Waals surface area contributed by atoms with Crippen molar-refractivity contribution in [2.24, 2.45) is 0 Å². The standard InChI is InChI=1S/C18H14Cl2N2O4/c1-4-5-22-17(24)11(8-21)9(2)14(18(22)25)15(23)10-6-12(19)16(26-3)13(20)7-10/h4,6-7,25H,1,5H2,2-3H3. The molecule has 134 valence electrons. The molecule has 0 aliphatic carbocycles. The number of halogens is 2. The number of methoxy groups -OCH3 is 1. The lowest BCUT2D eigenvalue weighted by Gasteiger charge is -2.15. The molecule has 0 bridgehead atoms. The molecule has 0 aliphatic rings. The van der Waals surface area contributed by atoms with E-state index in [1.807, 2.05) is 0 Å². The van der Waals surface area contributed by atoms with E-state index in [-0.39, 0.29) is 44.6 Å². The van der Waals surface area contributed by atoms with Crippen molar-refractivity contribution >= 4 is 29.0 Å². The second-order valence-corrected chi connectivity index (χ2v) is 6.13. The molecule has 0 saturated heterocycles. The Labute approximate surface area is 159 Å².